The maximum absolute atomic E-state index is 13.5. The number of aromatic nitrogens is 2. The van der Waals surface area contributed by atoms with E-state index in [1.807, 2.05) is 77.6 Å². The van der Waals surface area contributed by atoms with Crippen LogP contribution in [0.3, 0.4) is 0 Å². The SMILES string of the molecule is CCCC[C@@H](CC)CN1C(=O)/C(=C/c2cn(-c3ccccc3)nc2-c2ccc(OCc3ccc(Cl)cc3Cl)cc2)SC1=S. The van der Waals surface area contributed by atoms with Crippen LogP contribution in [0.25, 0.3) is 23.0 Å². The molecule has 0 N–H and O–H groups in total. The molecule has 1 fully saturated rings. The number of nitrogens with zero attached hydrogens (tertiary/aromatic N) is 3. The number of unbranched alkanes of at least 4 members (excludes halogenated alkanes) is 1. The van der Waals surface area contributed by atoms with Crippen LogP contribution < -0.4 is 4.74 Å². The number of thioether (sulfide) groups is 1. The number of halogens is 2. The van der Waals surface area contributed by atoms with E-state index < -0.39 is 0 Å². The van der Waals surface area contributed by atoms with Gasteiger partial charge in [0.1, 0.15) is 16.7 Å². The van der Waals surface area contributed by atoms with Crippen molar-refractivity contribution in [3.63, 3.8) is 0 Å². The van der Waals surface area contributed by atoms with E-state index >= 15 is 0 Å². The second-order valence-electron chi connectivity index (χ2n) is 10.5. The number of carbonyl (C=O) groups excluding carboxylic acids is 1. The second kappa shape index (κ2) is 14.6. The predicted molar refractivity (Wildman–Crippen MR) is 183 cm³/mol. The van der Waals surface area contributed by atoms with Crippen molar-refractivity contribution in [1.82, 2.24) is 14.7 Å². The third kappa shape index (κ3) is 7.71. The monoisotopic (exact) mass is 649 g/mol. The zero-order valence-corrected chi connectivity index (χ0v) is 27.3. The summed E-state index contributed by atoms with van der Waals surface area (Å²) < 4.78 is 8.44. The first-order chi connectivity index (χ1) is 20.9. The molecule has 1 saturated heterocycles. The van der Waals surface area contributed by atoms with Gasteiger partial charge in [0.2, 0.25) is 0 Å². The van der Waals surface area contributed by atoms with Crippen molar-refractivity contribution in [3.05, 3.63) is 105 Å². The van der Waals surface area contributed by atoms with Crippen molar-refractivity contribution in [2.24, 2.45) is 5.92 Å². The third-order valence-corrected chi connectivity index (χ3v) is 9.41. The number of ether oxygens (including phenoxy) is 1. The standard InChI is InChI=1S/C34H33Cl2N3O2S2/c1-3-5-9-23(4-2)20-38-33(40)31(43-34(38)42)18-26-21-39(28-10-7-6-8-11-28)37-32(26)24-13-16-29(17-14-24)41-22-25-12-15-27(35)19-30(25)36/h6-8,10-19,21,23H,3-5,9,20,22H2,1-2H3/b31-18-/t23-/m1/s1. The number of hydrogen-bond donors (Lipinski definition) is 0. The summed E-state index contributed by atoms with van der Waals surface area (Å²) in [7, 11) is 0. The molecule has 1 aromatic heterocycles. The number of para-hydroxylation sites is 1. The molecule has 1 aliphatic rings. The molecule has 0 saturated carbocycles. The summed E-state index contributed by atoms with van der Waals surface area (Å²) in [5.41, 5.74) is 4.28. The van der Waals surface area contributed by atoms with E-state index in [9.17, 15) is 4.79 Å². The number of amides is 1. The highest BCUT2D eigenvalue weighted by atomic mass is 35.5. The fourth-order valence-electron chi connectivity index (χ4n) is 4.91. The molecule has 2 heterocycles. The number of hydrogen-bond acceptors (Lipinski definition) is 5. The Morgan fingerprint density at radius 2 is 1.81 bits per heavy atom. The highest BCUT2D eigenvalue weighted by molar-refractivity contribution is 8.26. The van der Waals surface area contributed by atoms with E-state index in [4.69, 9.17) is 45.3 Å². The summed E-state index contributed by atoms with van der Waals surface area (Å²) in [6.45, 7) is 5.36. The van der Waals surface area contributed by atoms with Gasteiger partial charge >= 0.3 is 0 Å². The molecule has 0 spiro atoms. The lowest BCUT2D eigenvalue weighted by Gasteiger charge is -2.21. The van der Waals surface area contributed by atoms with Crippen LogP contribution in [0.15, 0.2) is 83.9 Å². The number of benzene rings is 3. The first kappa shape index (κ1) is 31.3. The highest BCUT2D eigenvalue weighted by Gasteiger charge is 2.33. The van der Waals surface area contributed by atoms with Crippen LogP contribution in [0.4, 0.5) is 0 Å². The number of carbonyl (C=O) groups is 1. The summed E-state index contributed by atoms with van der Waals surface area (Å²) in [5.74, 6) is 1.11. The van der Waals surface area contributed by atoms with Gasteiger partial charge in [-0.3, -0.25) is 9.69 Å². The molecule has 0 bridgehead atoms. The fourth-order valence-corrected chi connectivity index (χ4v) is 6.64. The van der Waals surface area contributed by atoms with Gasteiger partial charge in [-0.25, -0.2) is 4.68 Å². The van der Waals surface area contributed by atoms with Crippen LogP contribution >= 0.6 is 47.2 Å². The first-order valence-corrected chi connectivity index (χ1v) is 16.4. The zero-order chi connectivity index (χ0) is 30.3. The second-order valence-corrected chi connectivity index (χ2v) is 13.0. The Kier molecular flexibility index (Phi) is 10.6. The predicted octanol–water partition coefficient (Wildman–Crippen LogP) is 9.84. The van der Waals surface area contributed by atoms with Crippen molar-refractivity contribution in [2.45, 2.75) is 46.1 Å². The van der Waals surface area contributed by atoms with Crippen LogP contribution in [0.1, 0.15) is 50.7 Å². The van der Waals surface area contributed by atoms with Gasteiger partial charge in [0.05, 0.1) is 16.3 Å². The first-order valence-electron chi connectivity index (χ1n) is 14.4. The van der Waals surface area contributed by atoms with E-state index in [1.54, 1.807) is 17.0 Å². The summed E-state index contributed by atoms with van der Waals surface area (Å²) in [5, 5.41) is 6.08. The van der Waals surface area contributed by atoms with E-state index in [2.05, 4.69) is 13.8 Å². The van der Waals surface area contributed by atoms with Gasteiger partial charge in [-0.2, -0.15) is 5.10 Å². The van der Waals surface area contributed by atoms with Crippen molar-refractivity contribution in [2.75, 3.05) is 6.54 Å². The van der Waals surface area contributed by atoms with Gasteiger partial charge in [0, 0.05) is 39.5 Å². The average Bonchev–Trinajstić information content (AvgIpc) is 3.55. The van der Waals surface area contributed by atoms with Gasteiger partial charge in [-0.1, -0.05) is 105 Å². The van der Waals surface area contributed by atoms with Crippen LogP contribution in [-0.4, -0.2) is 31.5 Å². The van der Waals surface area contributed by atoms with Gasteiger partial charge in [0.15, 0.2) is 0 Å². The Morgan fingerprint density at radius 3 is 2.51 bits per heavy atom. The molecule has 0 unspecified atom stereocenters. The minimum Gasteiger partial charge on any atom is -0.489 e. The lowest BCUT2D eigenvalue weighted by Crippen LogP contribution is -2.33. The van der Waals surface area contributed by atoms with Crippen LogP contribution in [0.2, 0.25) is 10.0 Å². The number of rotatable bonds is 12. The molecule has 1 atom stereocenters. The Labute approximate surface area is 272 Å². The Morgan fingerprint density at radius 1 is 1.05 bits per heavy atom. The van der Waals surface area contributed by atoms with Gasteiger partial charge < -0.3 is 4.74 Å². The van der Waals surface area contributed by atoms with Crippen LogP contribution in [-0.2, 0) is 11.4 Å². The maximum atomic E-state index is 13.5. The van der Waals surface area contributed by atoms with Gasteiger partial charge in [-0.15, -0.1) is 0 Å². The smallest absolute Gasteiger partial charge is 0.266 e. The minimum atomic E-state index is -0.0343. The molecular formula is C34H33Cl2N3O2S2. The maximum Gasteiger partial charge on any atom is 0.266 e. The molecule has 0 radical (unpaired) electrons. The van der Waals surface area contributed by atoms with E-state index in [-0.39, 0.29) is 5.91 Å². The quantitative estimate of drug-likeness (QED) is 0.113. The summed E-state index contributed by atoms with van der Waals surface area (Å²) in [6.07, 6.45) is 8.30. The lowest BCUT2D eigenvalue weighted by atomic mass is 9.99. The van der Waals surface area contributed by atoms with E-state index in [0.717, 1.165) is 53.8 Å². The van der Waals surface area contributed by atoms with Crippen LogP contribution in [0, 0.1) is 5.92 Å². The van der Waals surface area contributed by atoms with Crippen molar-refractivity contribution >= 4 is 63.5 Å². The zero-order valence-electron chi connectivity index (χ0n) is 24.1. The lowest BCUT2D eigenvalue weighted by molar-refractivity contribution is -0.122. The number of thiocarbonyl (C=S) groups is 1. The topological polar surface area (TPSA) is 47.4 Å². The molecule has 5 nitrogen and oxygen atoms in total. The van der Waals surface area contributed by atoms with Crippen molar-refractivity contribution in [3.8, 4) is 22.7 Å². The summed E-state index contributed by atoms with van der Waals surface area (Å²) in [4.78, 5) is 15.9. The summed E-state index contributed by atoms with van der Waals surface area (Å²) >= 11 is 19.3. The Hall–Kier alpha value is -3.10. The molecule has 43 heavy (non-hydrogen) atoms. The van der Waals surface area contributed by atoms with Crippen molar-refractivity contribution < 1.29 is 9.53 Å². The largest absolute Gasteiger partial charge is 0.489 e. The summed E-state index contributed by atoms with van der Waals surface area (Å²) in [6, 6.07) is 23.0. The molecule has 1 amide bonds. The fraction of sp³-hybridized carbons (Fsp3) is 0.265. The average molecular weight is 651 g/mol. The minimum absolute atomic E-state index is 0.0343. The molecule has 3 aromatic carbocycles. The molecular weight excluding hydrogens is 617 g/mol. The molecule has 9 heteroatoms. The molecule has 1 aliphatic heterocycles. The van der Waals surface area contributed by atoms with Crippen LogP contribution in [0.5, 0.6) is 5.75 Å². The molecule has 4 aromatic rings. The molecule has 222 valence electrons. The van der Waals surface area contributed by atoms with E-state index in [0.29, 0.717) is 44.1 Å². The van der Waals surface area contributed by atoms with E-state index in [1.165, 1.54) is 11.8 Å². The Balaban J connectivity index is 1.41. The molecule has 5 rings (SSSR count). The van der Waals surface area contributed by atoms with Gasteiger partial charge in [0.25, 0.3) is 5.91 Å². The van der Waals surface area contributed by atoms with Crippen molar-refractivity contribution in [1.29, 1.82) is 0 Å². The normalized spacial score (nSPS) is 15.0. The highest BCUT2D eigenvalue weighted by Crippen LogP contribution is 2.36. The molecule has 0 aliphatic carbocycles. The van der Waals surface area contributed by atoms with Gasteiger partial charge in [-0.05, 0) is 66.9 Å². The Bertz CT molecular complexity index is 1620. The third-order valence-electron chi connectivity index (χ3n) is 7.44.